The van der Waals surface area contributed by atoms with Crippen molar-refractivity contribution in [1.29, 1.82) is 0 Å². The van der Waals surface area contributed by atoms with Crippen molar-refractivity contribution in [1.82, 2.24) is 4.98 Å². The van der Waals surface area contributed by atoms with Crippen molar-refractivity contribution < 1.29 is 14.7 Å². The molecular formula is C12H16N2O3. The summed E-state index contributed by atoms with van der Waals surface area (Å²) < 4.78 is 0. The summed E-state index contributed by atoms with van der Waals surface area (Å²) in [5, 5.41) is 8.86. The summed E-state index contributed by atoms with van der Waals surface area (Å²) in [6.07, 6.45) is 1.60. The van der Waals surface area contributed by atoms with Crippen molar-refractivity contribution in [2.45, 2.75) is 20.8 Å². The molecular weight excluding hydrogens is 220 g/mol. The molecule has 0 saturated carbocycles. The molecule has 1 aromatic rings. The van der Waals surface area contributed by atoms with Crippen LogP contribution < -0.4 is 4.90 Å². The van der Waals surface area contributed by atoms with Gasteiger partial charge in [-0.1, -0.05) is 6.92 Å². The second-order valence-corrected chi connectivity index (χ2v) is 4.06. The molecule has 17 heavy (non-hydrogen) atoms. The van der Waals surface area contributed by atoms with E-state index < -0.39 is 11.9 Å². The molecule has 0 aliphatic heterocycles. The van der Waals surface area contributed by atoms with Gasteiger partial charge in [0.25, 0.3) is 0 Å². The molecule has 1 heterocycles. The van der Waals surface area contributed by atoms with Crippen LogP contribution in [0.2, 0.25) is 0 Å². The molecule has 5 heteroatoms. The molecule has 0 aliphatic carbocycles. The molecule has 92 valence electrons. The first-order valence-corrected chi connectivity index (χ1v) is 5.35. The van der Waals surface area contributed by atoms with Gasteiger partial charge >= 0.3 is 5.97 Å². The highest BCUT2D eigenvalue weighted by atomic mass is 16.4. The zero-order valence-electron chi connectivity index (χ0n) is 10.2. The summed E-state index contributed by atoms with van der Waals surface area (Å²) in [6, 6.07) is 3.58. The summed E-state index contributed by atoms with van der Waals surface area (Å²) in [5.41, 5.74) is 0.976. The number of carbonyl (C=O) groups is 2. The van der Waals surface area contributed by atoms with Gasteiger partial charge in [0.2, 0.25) is 5.91 Å². The fourth-order valence-electron chi connectivity index (χ4n) is 1.40. The van der Waals surface area contributed by atoms with Crippen LogP contribution in [0.1, 0.15) is 19.4 Å². The first-order valence-electron chi connectivity index (χ1n) is 5.35. The number of pyridine rings is 1. The van der Waals surface area contributed by atoms with E-state index in [0.717, 1.165) is 5.56 Å². The average molecular weight is 236 g/mol. The molecule has 0 spiro atoms. The van der Waals surface area contributed by atoms with Crippen LogP contribution >= 0.6 is 0 Å². The third-order valence-corrected chi connectivity index (χ3v) is 2.44. The van der Waals surface area contributed by atoms with Crippen LogP contribution in [0.25, 0.3) is 0 Å². The number of hydrogen-bond donors (Lipinski definition) is 1. The zero-order chi connectivity index (χ0) is 13.0. The van der Waals surface area contributed by atoms with Gasteiger partial charge in [0.15, 0.2) is 0 Å². The van der Waals surface area contributed by atoms with Gasteiger partial charge in [0.05, 0.1) is 5.92 Å². The normalized spacial score (nSPS) is 11.9. The maximum atomic E-state index is 11.5. The number of rotatable bonds is 4. The number of amides is 1. The molecule has 1 unspecified atom stereocenters. The number of aliphatic carboxylic acids is 1. The predicted octanol–water partition coefficient (Wildman–Crippen LogP) is 1.46. The van der Waals surface area contributed by atoms with E-state index in [-0.39, 0.29) is 12.5 Å². The number of hydrogen-bond acceptors (Lipinski definition) is 3. The summed E-state index contributed by atoms with van der Waals surface area (Å²) in [4.78, 5) is 27.8. The topological polar surface area (TPSA) is 70.5 Å². The van der Waals surface area contributed by atoms with Gasteiger partial charge in [0, 0.05) is 19.7 Å². The van der Waals surface area contributed by atoms with Crippen molar-refractivity contribution in [2.24, 2.45) is 5.92 Å². The lowest BCUT2D eigenvalue weighted by Gasteiger charge is -2.22. The van der Waals surface area contributed by atoms with E-state index in [9.17, 15) is 9.59 Å². The number of aromatic nitrogens is 1. The van der Waals surface area contributed by atoms with Crippen molar-refractivity contribution in [3.63, 3.8) is 0 Å². The quantitative estimate of drug-likeness (QED) is 0.859. The van der Waals surface area contributed by atoms with Gasteiger partial charge in [-0.05, 0) is 24.6 Å². The molecule has 0 fully saturated rings. The third kappa shape index (κ3) is 3.55. The van der Waals surface area contributed by atoms with E-state index in [1.165, 1.54) is 11.8 Å². The van der Waals surface area contributed by atoms with Gasteiger partial charge in [-0.3, -0.25) is 14.5 Å². The number of aryl methyl sites for hydroxylation is 1. The molecule has 5 nitrogen and oxygen atoms in total. The molecule has 0 saturated heterocycles. The number of carboxylic acids is 1. The van der Waals surface area contributed by atoms with E-state index in [4.69, 9.17) is 5.11 Å². The summed E-state index contributed by atoms with van der Waals surface area (Å²) in [7, 11) is 0. The second-order valence-electron chi connectivity index (χ2n) is 4.06. The first kappa shape index (κ1) is 13.2. The summed E-state index contributed by atoms with van der Waals surface area (Å²) in [6.45, 7) is 4.98. The van der Waals surface area contributed by atoms with Gasteiger partial charge in [-0.25, -0.2) is 4.98 Å². The van der Waals surface area contributed by atoms with E-state index >= 15 is 0 Å². The second kappa shape index (κ2) is 5.43. The third-order valence-electron chi connectivity index (χ3n) is 2.44. The predicted molar refractivity (Wildman–Crippen MR) is 63.8 cm³/mol. The highest BCUT2D eigenvalue weighted by Crippen LogP contribution is 2.14. The Hall–Kier alpha value is -1.91. The minimum Gasteiger partial charge on any atom is -0.481 e. The van der Waals surface area contributed by atoms with Gasteiger partial charge in [0.1, 0.15) is 5.82 Å². The fourth-order valence-corrected chi connectivity index (χ4v) is 1.40. The Balaban J connectivity index is 2.94. The van der Waals surface area contributed by atoms with E-state index in [2.05, 4.69) is 4.98 Å². The van der Waals surface area contributed by atoms with Crippen LogP contribution in [-0.4, -0.2) is 28.5 Å². The molecule has 0 radical (unpaired) electrons. The van der Waals surface area contributed by atoms with Crippen molar-refractivity contribution >= 4 is 17.7 Å². The highest BCUT2D eigenvalue weighted by Gasteiger charge is 2.20. The van der Waals surface area contributed by atoms with E-state index in [1.807, 2.05) is 13.0 Å². The Bertz CT molecular complexity index is 432. The summed E-state index contributed by atoms with van der Waals surface area (Å²) >= 11 is 0. The number of carbonyl (C=O) groups excluding carboxylic acids is 1. The Morgan fingerprint density at radius 3 is 2.65 bits per heavy atom. The maximum absolute atomic E-state index is 11.5. The smallest absolute Gasteiger partial charge is 0.308 e. The SMILES string of the molecule is CC(=O)N(CC(C)C(=O)O)c1cc(C)ccn1. The molecule has 0 aliphatic rings. The van der Waals surface area contributed by atoms with Crippen molar-refractivity contribution in [2.75, 3.05) is 11.4 Å². The van der Waals surface area contributed by atoms with Crippen LogP contribution in [0.15, 0.2) is 18.3 Å². The molecule has 1 aromatic heterocycles. The lowest BCUT2D eigenvalue weighted by molar-refractivity contribution is -0.140. The minimum atomic E-state index is -0.927. The highest BCUT2D eigenvalue weighted by molar-refractivity contribution is 5.91. The molecule has 0 bridgehead atoms. The standard InChI is InChI=1S/C12H16N2O3/c1-8-4-5-13-11(6-8)14(10(3)15)7-9(2)12(16)17/h4-6,9H,7H2,1-3H3,(H,16,17). The van der Waals surface area contributed by atoms with Crippen molar-refractivity contribution in [3.05, 3.63) is 23.9 Å². The number of carboxylic acid groups (broad SMARTS) is 1. The molecule has 1 N–H and O–H groups in total. The number of nitrogens with zero attached hydrogens (tertiary/aromatic N) is 2. The van der Waals surface area contributed by atoms with Crippen LogP contribution in [0.5, 0.6) is 0 Å². The fraction of sp³-hybridized carbons (Fsp3) is 0.417. The van der Waals surface area contributed by atoms with Gasteiger partial charge in [-0.15, -0.1) is 0 Å². The largest absolute Gasteiger partial charge is 0.481 e. The van der Waals surface area contributed by atoms with Crippen LogP contribution in [0.3, 0.4) is 0 Å². The van der Waals surface area contributed by atoms with Crippen LogP contribution in [0.4, 0.5) is 5.82 Å². The Kier molecular flexibility index (Phi) is 4.20. The van der Waals surface area contributed by atoms with E-state index in [0.29, 0.717) is 5.82 Å². The van der Waals surface area contributed by atoms with Gasteiger partial charge in [-0.2, -0.15) is 0 Å². The molecule has 1 atom stereocenters. The van der Waals surface area contributed by atoms with Crippen LogP contribution in [0, 0.1) is 12.8 Å². The minimum absolute atomic E-state index is 0.126. The first-order chi connectivity index (χ1) is 7.91. The van der Waals surface area contributed by atoms with Crippen LogP contribution in [-0.2, 0) is 9.59 Å². The number of anilines is 1. The van der Waals surface area contributed by atoms with Gasteiger partial charge < -0.3 is 5.11 Å². The molecule has 0 aromatic carbocycles. The summed E-state index contributed by atoms with van der Waals surface area (Å²) in [5.74, 6) is -1.27. The zero-order valence-corrected chi connectivity index (χ0v) is 10.2. The Morgan fingerprint density at radius 1 is 1.53 bits per heavy atom. The average Bonchev–Trinajstić information content (AvgIpc) is 2.24. The lowest BCUT2D eigenvalue weighted by atomic mass is 10.1. The molecule has 1 amide bonds. The lowest BCUT2D eigenvalue weighted by Crippen LogP contribution is -2.36. The Labute approximate surface area is 100 Å². The molecule has 1 rings (SSSR count). The Morgan fingerprint density at radius 2 is 2.18 bits per heavy atom. The van der Waals surface area contributed by atoms with E-state index in [1.54, 1.807) is 19.2 Å². The van der Waals surface area contributed by atoms with Crippen molar-refractivity contribution in [3.8, 4) is 0 Å². The maximum Gasteiger partial charge on any atom is 0.308 e. The monoisotopic (exact) mass is 236 g/mol.